The molecule has 0 aromatic rings. The molecule has 9 heteroatoms. The molecule has 108 valence electrons. The summed E-state index contributed by atoms with van der Waals surface area (Å²) in [6.07, 6.45) is 1.98. The van der Waals surface area contributed by atoms with Crippen molar-refractivity contribution in [1.82, 2.24) is 14.7 Å². The van der Waals surface area contributed by atoms with Crippen LogP contribution in [0.2, 0.25) is 0 Å². The van der Waals surface area contributed by atoms with E-state index < -0.39 is 23.8 Å². The fraction of sp³-hybridized carbons (Fsp3) is 0.700. The van der Waals surface area contributed by atoms with Gasteiger partial charge in [0.2, 0.25) is 0 Å². The third-order valence-electron chi connectivity index (χ3n) is 2.62. The predicted octanol–water partition coefficient (Wildman–Crippen LogP) is 0.619. The monoisotopic (exact) mass is 311 g/mol. The van der Waals surface area contributed by atoms with Crippen LogP contribution in [0.15, 0.2) is 0 Å². The maximum absolute atomic E-state index is 11.7. The third-order valence-corrected chi connectivity index (χ3v) is 3.07. The normalized spacial score (nSPS) is 16.8. The summed E-state index contributed by atoms with van der Waals surface area (Å²) < 4.78 is 0. The van der Waals surface area contributed by atoms with E-state index in [2.05, 4.69) is 9.67 Å². The fourth-order valence-electron chi connectivity index (χ4n) is 1.57. The summed E-state index contributed by atoms with van der Waals surface area (Å²) in [7, 11) is 0. The van der Waals surface area contributed by atoms with Crippen molar-refractivity contribution in [2.45, 2.75) is 38.1 Å². The Kier molecular flexibility index (Phi) is 7.07. The van der Waals surface area contributed by atoms with Crippen molar-refractivity contribution < 1.29 is 19.2 Å². The second-order valence-corrected chi connectivity index (χ2v) is 4.52. The molecule has 2 N–H and O–H groups in total. The molecule has 0 aromatic carbocycles. The van der Waals surface area contributed by atoms with Gasteiger partial charge in [0.05, 0.1) is 0 Å². The largest absolute Gasteiger partial charge is 0.351 e. The van der Waals surface area contributed by atoms with Crippen molar-refractivity contribution in [3.63, 3.8) is 0 Å². The number of hydrogen-bond donors (Lipinski definition) is 2. The lowest BCUT2D eigenvalue weighted by atomic mass is 10.1. The molecule has 1 saturated heterocycles. The minimum atomic E-state index is -0.779. The van der Waals surface area contributed by atoms with Gasteiger partial charge in [0, 0.05) is 19.4 Å². The van der Waals surface area contributed by atoms with Crippen molar-refractivity contribution in [3.8, 4) is 0 Å². The van der Waals surface area contributed by atoms with Gasteiger partial charge in [-0.3, -0.25) is 9.59 Å². The molecule has 7 nitrogen and oxygen atoms in total. The Balaban J connectivity index is 2.40. The highest BCUT2D eigenvalue weighted by Gasteiger charge is 2.34. The molecule has 19 heavy (non-hydrogen) atoms. The maximum atomic E-state index is 11.7. The number of carbonyl (C=O) groups excluding carboxylic acids is 3. The first-order valence-corrected chi connectivity index (χ1v) is 6.63. The number of imide groups is 1. The molecule has 0 bridgehead atoms. The minimum Gasteiger partial charge on any atom is -0.329 e. The van der Waals surface area contributed by atoms with E-state index in [0.29, 0.717) is 24.4 Å². The zero-order valence-electron chi connectivity index (χ0n) is 10.2. The second-order valence-electron chi connectivity index (χ2n) is 4.03. The molecule has 1 aliphatic heterocycles. The SMILES string of the molecule is O=C(ON1C(=O)CCC1=O)[C@H](CCCCNCl)NCl. The summed E-state index contributed by atoms with van der Waals surface area (Å²) in [6.45, 7) is 0.606. The Bertz CT molecular complexity index is 338. The van der Waals surface area contributed by atoms with Gasteiger partial charge in [-0.2, -0.15) is 0 Å². The van der Waals surface area contributed by atoms with Crippen molar-refractivity contribution >= 4 is 41.3 Å². The zero-order valence-corrected chi connectivity index (χ0v) is 11.7. The van der Waals surface area contributed by atoms with Crippen molar-refractivity contribution in [1.29, 1.82) is 0 Å². The van der Waals surface area contributed by atoms with Crippen LogP contribution in [0.25, 0.3) is 0 Å². The van der Waals surface area contributed by atoms with Gasteiger partial charge in [0.25, 0.3) is 11.8 Å². The summed E-state index contributed by atoms with van der Waals surface area (Å²) in [5.41, 5.74) is 0. The molecule has 0 saturated carbocycles. The number of hydrogen-bond acceptors (Lipinski definition) is 6. The molecule has 0 aromatic heterocycles. The van der Waals surface area contributed by atoms with Crippen LogP contribution in [0.5, 0.6) is 0 Å². The van der Waals surface area contributed by atoms with E-state index in [9.17, 15) is 14.4 Å². The van der Waals surface area contributed by atoms with Crippen molar-refractivity contribution in [2.24, 2.45) is 0 Å². The topological polar surface area (TPSA) is 87.7 Å². The Hall–Kier alpha value is -0.890. The summed E-state index contributed by atoms with van der Waals surface area (Å²) in [5.74, 6) is -1.78. The average molecular weight is 312 g/mol. The van der Waals surface area contributed by atoms with Crippen LogP contribution in [-0.4, -0.2) is 35.4 Å². The molecule has 1 rings (SSSR count). The van der Waals surface area contributed by atoms with E-state index in [1.165, 1.54) is 0 Å². The standard InChI is InChI=1S/C10H15Cl2N3O4/c11-13-6-2-1-3-7(14-12)10(18)19-15-8(16)4-5-9(15)17/h7,13-14H,1-6H2/t7-/m0/s1. The van der Waals surface area contributed by atoms with Crippen LogP contribution in [0.4, 0.5) is 0 Å². The number of halogens is 2. The number of carbonyl (C=O) groups is 3. The fourth-order valence-corrected chi connectivity index (χ4v) is 1.90. The Morgan fingerprint density at radius 3 is 2.42 bits per heavy atom. The first-order chi connectivity index (χ1) is 9.10. The van der Waals surface area contributed by atoms with E-state index in [-0.39, 0.29) is 12.8 Å². The molecule has 0 spiro atoms. The first kappa shape index (κ1) is 16.2. The van der Waals surface area contributed by atoms with E-state index in [1.807, 2.05) is 0 Å². The maximum Gasteiger partial charge on any atom is 0.351 e. The van der Waals surface area contributed by atoms with Gasteiger partial charge in [0.15, 0.2) is 0 Å². The van der Waals surface area contributed by atoms with Gasteiger partial charge in [-0.05, 0) is 42.8 Å². The molecule has 0 unspecified atom stereocenters. The summed E-state index contributed by atoms with van der Waals surface area (Å²) >= 11 is 10.7. The van der Waals surface area contributed by atoms with E-state index >= 15 is 0 Å². The minimum absolute atomic E-state index is 0.0620. The van der Waals surface area contributed by atoms with E-state index in [0.717, 1.165) is 6.42 Å². The van der Waals surface area contributed by atoms with Gasteiger partial charge in [-0.1, -0.05) is 0 Å². The van der Waals surface area contributed by atoms with E-state index in [1.54, 1.807) is 0 Å². The zero-order chi connectivity index (χ0) is 14.3. The van der Waals surface area contributed by atoms with Crippen LogP contribution < -0.4 is 9.67 Å². The van der Waals surface area contributed by atoms with Crippen LogP contribution in [0.3, 0.4) is 0 Å². The number of amides is 2. The highest BCUT2D eigenvalue weighted by Crippen LogP contribution is 2.14. The van der Waals surface area contributed by atoms with Crippen molar-refractivity contribution in [3.05, 3.63) is 0 Å². The third kappa shape index (κ3) is 4.94. The lowest BCUT2D eigenvalue weighted by Crippen LogP contribution is -2.40. The van der Waals surface area contributed by atoms with Crippen LogP contribution in [-0.2, 0) is 19.2 Å². The van der Waals surface area contributed by atoms with E-state index in [4.69, 9.17) is 28.4 Å². The molecule has 1 aliphatic rings. The predicted molar refractivity (Wildman–Crippen MR) is 67.7 cm³/mol. The van der Waals surface area contributed by atoms with Crippen molar-refractivity contribution in [2.75, 3.05) is 6.54 Å². The number of nitrogens with zero attached hydrogens (tertiary/aromatic N) is 1. The molecule has 1 atom stereocenters. The molecular formula is C10H15Cl2N3O4. The quantitative estimate of drug-likeness (QED) is 0.388. The molecule has 2 amide bonds. The Labute approximate surface area is 120 Å². The molecule has 0 radical (unpaired) electrons. The van der Waals surface area contributed by atoms with Crippen LogP contribution >= 0.6 is 23.6 Å². The molecule has 0 aliphatic carbocycles. The lowest BCUT2D eigenvalue weighted by molar-refractivity contribution is -0.198. The number of rotatable bonds is 8. The highest BCUT2D eigenvalue weighted by molar-refractivity contribution is 6.15. The van der Waals surface area contributed by atoms with Gasteiger partial charge >= 0.3 is 5.97 Å². The second kappa shape index (κ2) is 8.31. The summed E-state index contributed by atoms with van der Waals surface area (Å²) in [4.78, 5) is 43.8. The van der Waals surface area contributed by atoms with Crippen LogP contribution in [0.1, 0.15) is 32.1 Å². The van der Waals surface area contributed by atoms with Gasteiger partial charge in [-0.25, -0.2) is 14.5 Å². The first-order valence-electron chi connectivity index (χ1n) is 5.87. The van der Waals surface area contributed by atoms with Gasteiger partial charge < -0.3 is 4.84 Å². The summed E-state index contributed by atoms with van der Waals surface area (Å²) in [6, 6.07) is -0.779. The molecule has 1 fully saturated rings. The average Bonchev–Trinajstić information content (AvgIpc) is 2.70. The summed E-state index contributed by atoms with van der Waals surface area (Å²) in [5, 5.41) is 0.504. The smallest absolute Gasteiger partial charge is 0.329 e. The lowest BCUT2D eigenvalue weighted by Gasteiger charge is -2.17. The van der Waals surface area contributed by atoms with Gasteiger partial charge in [0.1, 0.15) is 6.04 Å². The Morgan fingerprint density at radius 1 is 1.26 bits per heavy atom. The number of unbranched alkanes of at least 4 members (excludes halogenated alkanes) is 1. The number of hydroxylamine groups is 2. The van der Waals surface area contributed by atoms with Gasteiger partial charge in [-0.15, -0.1) is 5.06 Å². The van der Waals surface area contributed by atoms with Crippen LogP contribution in [0, 0.1) is 0 Å². The highest BCUT2D eigenvalue weighted by atomic mass is 35.5. The molecule has 1 heterocycles. The number of nitrogens with one attached hydrogen (secondary N) is 2. The molecular weight excluding hydrogens is 297 g/mol. The Morgan fingerprint density at radius 2 is 1.89 bits per heavy atom.